The van der Waals surface area contributed by atoms with Gasteiger partial charge in [0.15, 0.2) is 6.29 Å². The predicted octanol–water partition coefficient (Wildman–Crippen LogP) is 3.32. The van der Waals surface area contributed by atoms with Crippen molar-refractivity contribution in [2.24, 2.45) is 0 Å². The second-order valence-corrected chi connectivity index (χ2v) is 6.04. The Kier molecular flexibility index (Phi) is 4.96. The largest absolute Gasteiger partial charge is 0.443 e. The number of amides is 1. The van der Waals surface area contributed by atoms with Gasteiger partial charge < -0.3 is 4.74 Å². The van der Waals surface area contributed by atoms with Crippen LogP contribution in [0, 0.1) is 5.95 Å². The van der Waals surface area contributed by atoms with Crippen LogP contribution in [0.4, 0.5) is 20.7 Å². The summed E-state index contributed by atoms with van der Waals surface area (Å²) < 4.78 is 20.8. The Morgan fingerprint density at radius 1 is 1.42 bits per heavy atom. The summed E-state index contributed by atoms with van der Waals surface area (Å²) in [6.45, 7) is 7.67. The molecule has 128 valence electrons. The fraction of sp³-hybridized carbons (Fsp3) is 0.375. The van der Waals surface area contributed by atoms with Gasteiger partial charge in [-0.1, -0.05) is 0 Å². The van der Waals surface area contributed by atoms with E-state index in [0.717, 1.165) is 4.90 Å². The van der Waals surface area contributed by atoms with Gasteiger partial charge in [-0.25, -0.2) is 14.7 Å². The number of aromatic nitrogens is 3. The molecule has 2 rings (SSSR count). The van der Waals surface area contributed by atoms with Crippen LogP contribution in [0.1, 0.15) is 38.1 Å². The molecule has 0 fully saturated rings. The quantitative estimate of drug-likeness (QED) is 0.633. The summed E-state index contributed by atoms with van der Waals surface area (Å²) in [5.74, 6) is -0.957. The average Bonchev–Trinajstić information content (AvgIpc) is 2.94. The summed E-state index contributed by atoms with van der Waals surface area (Å²) >= 11 is 0. The van der Waals surface area contributed by atoms with E-state index in [-0.39, 0.29) is 11.4 Å². The normalized spacial score (nSPS) is 11.2. The van der Waals surface area contributed by atoms with Gasteiger partial charge in [0.25, 0.3) is 0 Å². The first kappa shape index (κ1) is 17.6. The topological polar surface area (TPSA) is 77.3 Å². The van der Waals surface area contributed by atoms with E-state index in [9.17, 15) is 14.0 Å². The zero-order chi connectivity index (χ0) is 17.9. The Hall–Kier alpha value is -2.77. The lowest BCUT2D eigenvalue weighted by atomic mass is 10.2. The van der Waals surface area contributed by atoms with Gasteiger partial charge in [-0.3, -0.25) is 9.48 Å². The third-order valence-corrected chi connectivity index (χ3v) is 3.00. The molecule has 2 aromatic heterocycles. The van der Waals surface area contributed by atoms with Crippen molar-refractivity contribution in [2.45, 2.75) is 39.8 Å². The Morgan fingerprint density at radius 3 is 2.62 bits per heavy atom. The molecule has 0 aliphatic rings. The molecule has 7 nitrogen and oxygen atoms in total. The summed E-state index contributed by atoms with van der Waals surface area (Å²) in [5.41, 5.74) is -0.541. The molecule has 0 aliphatic carbocycles. The molecule has 2 aromatic rings. The minimum atomic E-state index is -0.959. The first-order chi connectivity index (χ1) is 11.2. The van der Waals surface area contributed by atoms with Crippen LogP contribution >= 0.6 is 0 Å². The lowest BCUT2D eigenvalue weighted by Crippen LogP contribution is -2.34. The highest BCUT2D eigenvalue weighted by molar-refractivity contribution is 5.95. The Labute approximate surface area is 139 Å². The van der Waals surface area contributed by atoms with Crippen LogP contribution in [-0.4, -0.2) is 32.7 Å². The first-order valence-electron chi connectivity index (χ1n) is 7.42. The number of carbonyl (C=O) groups is 2. The van der Waals surface area contributed by atoms with Gasteiger partial charge in [-0.15, -0.1) is 0 Å². The van der Waals surface area contributed by atoms with Crippen molar-refractivity contribution in [1.82, 2.24) is 14.8 Å². The average molecular weight is 334 g/mol. The van der Waals surface area contributed by atoms with Gasteiger partial charge in [0.2, 0.25) is 5.95 Å². The highest BCUT2D eigenvalue weighted by Gasteiger charge is 2.27. The molecule has 0 aliphatic heterocycles. The second-order valence-electron chi connectivity index (χ2n) is 6.04. The van der Waals surface area contributed by atoms with Crippen LogP contribution in [0.25, 0.3) is 0 Å². The number of hydrogen-bond donors (Lipinski definition) is 0. The zero-order valence-corrected chi connectivity index (χ0v) is 14.0. The number of rotatable bonds is 4. The Bertz CT molecular complexity index is 752. The Morgan fingerprint density at radius 2 is 2.12 bits per heavy atom. The molecule has 0 radical (unpaired) electrons. The number of aryl methyl sites for hydroxylation is 1. The zero-order valence-electron chi connectivity index (χ0n) is 14.0. The van der Waals surface area contributed by atoms with Crippen molar-refractivity contribution in [1.29, 1.82) is 0 Å². The summed E-state index contributed by atoms with van der Waals surface area (Å²) in [6.07, 6.45) is 2.72. The van der Waals surface area contributed by atoms with E-state index in [1.54, 1.807) is 31.6 Å². The smallest absolute Gasteiger partial charge is 0.420 e. The molecule has 0 bridgehead atoms. The van der Waals surface area contributed by atoms with Gasteiger partial charge >= 0.3 is 6.09 Å². The van der Waals surface area contributed by atoms with Gasteiger partial charge in [-0.05, 0) is 39.8 Å². The van der Waals surface area contributed by atoms with Crippen molar-refractivity contribution in [2.75, 3.05) is 4.90 Å². The fourth-order valence-electron chi connectivity index (χ4n) is 1.93. The number of nitrogens with zero attached hydrogens (tertiary/aromatic N) is 4. The third-order valence-electron chi connectivity index (χ3n) is 3.00. The number of ether oxygens (including phenoxy) is 1. The van der Waals surface area contributed by atoms with Crippen molar-refractivity contribution in [3.63, 3.8) is 0 Å². The lowest BCUT2D eigenvalue weighted by Gasteiger charge is -2.25. The van der Waals surface area contributed by atoms with E-state index in [1.165, 1.54) is 18.3 Å². The van der Waals surface area contributed by atoms with Gasteiger partial charge in [0.05, 0.1) is 17.4 Å². The minimum Gasteiger partial charge on any atom is -0.443 e. The number of halogens is 1. The molecule has 0 saturated carbocycles. The van der Waals surface area contributed by atoms with Crippen molar-refractivity contribution in [3.8, 4) is 0 Å². The highest BCUT2D eigenvalue weighted by atomic mass is 19.1. The number of hydrogen-bond acceptors (Lipinski definition) is 5. The SMILES string of the molecule is CCn1cc(N(C(=O)OC(C)(C)C)c2ccc(C=O)c(F)n2)cn1. The van der Waals surface area contributed by atoms with Crippen molar-refractivity contribution in [3.05, 3.63) is 36.0 Å². The first-order valence-corrected chi connectivity index (χ1v) is 7.42. The van der Waals surface area contributed by atoms with Crippen molar-refractivity contribution >= 4 is 23.9 Å². The van der Waals surface area contributed by atoms with Crippen LogP contribution in [0.3, 0.4) is 0 Å². The van der Waals surface area contributed by atoms with Gasteiger partial charge in [0.1, 0.15) is 11.4 Å². The molecular formula is C16H19FN4O3. The summed E-state index contributed by atoms with van der Waals surface area (Å²) in [5, 5.41) is 4.11. The summed E-state index contributed by atoms with van der Waals surface area (Å²) in [7, 11) is 0. The van der Waals surface area contributed by atoms with Crippen LogP contribution < -0.4 is 4.90 Å². The molecule has 0 saturated heterocycles. The number of carbonyl (C=O) groups excluding carboxylic acids is 2. The molecule has 1 amide bonds. The maximum absolute atomic E-state index is 13.9. The molecule has 0 unspecified atom stereocenters. The summed E-state index contributed by atoms with van der Waals surface area (Å²) in [4.78, 5) is 28.1. The molecule has 0 aromatic carbocycles. The second kappa shape index (κ2) is 6.77. The molecular weight excluding hydrogens is 315 g/mol. The van der Waals surface area contributed by atoms with Crippen molar-refractivity contribution < 1.29 is 18.7 Å². The predicted molar refractivity (Wildman–Crippen MR) is 85.9 cm³/mol. The van der Waals surface area contributed by atoms with E-state index in [2.05, 4.69) is 10.1 Å². The van der Waals surface area contributed by atoms with Crippen LogP contribution in [-0.2, 0) is 11.3 Å². The van der Waals surface area contributed by atoms with Crippen LogP contribution in [0.5, 0.6) is 0 Å². The molecule has 0 atom stereocenters. The molecule has 2 heterocycles. The maximum atomic E-state index is 13.9. The van der Waals surface area contributed by atoms with E-state index in [4.69, 9.17) is 4.74 Å². The van der Waals surface area contributed by atoms with Gasteiger partial charge in [0, 0.05) is 12.7 Å². The maximum Gasteiger partial charge on any atom is 0.420 e. The number of anilines is 2. The highest BCUT2D eigenvalue weighted by Crippen LogP contribution is 2.26. The molecule has 24 heavy (non-hydrogen) atoms. The Balaban J connectivity index is 2.47. The third kappa shape index (κ3) is 3.95. The number of aldehydes is 1. The number of pyridine rings is 1. The van der Waals surface area contributed by atoms with Crippen LogP contribution in [0.15, 0.2) is 24.5 Å². The summed E-state index contributed by atoms with van der Waals surface area (Å²) in [6, 6.07) is 2.63. The molecule has 0 spiro atoms. The van der Waals surface area contributed by atoms with E-state index in [1.807, 2.05) is 6.92 Å². The van der Waals surface area contributed by atoms with Gasteiger partial charge in [-0.2, -0.15) is 9.49 Å². The lowest BCUT2D eigenvalue weighted by molar-refractivity contribution is 0.0598. The standard InChI is InChI=1S/C16H19FN4O3/c1-5-20-9-12(8-18-20)21(15(23)24-16(2,3)4)13-7-6-11(10-22)14(17)19-13/h6-10H,5H2,1-4H3. The molecule has 0 N–H and O–H groups in total. The molecule has 8 heteroatoms. The van der Waals surface area contributed by atoms with E-state index in [0.29, 0.717) is 18.5 Å². The fourth-order valence-corrected chi connectivity index (χ4v) is 1.93. The van der Waals surface area contributed by atoms with E-state index >= 15 is 0 Å². The van der Waals surface area contributed by atoms with Crippen LogP contribution in [0.2, 0.25) is 0 Å². The van der Waals surface area contributed by atoms with E-state index < -0.39 is 17.6 Å². The minimum absolute atomic E-state index is 0.00278. The monoisotopic (exact) mass is 334 g/mol.